The highest BCUT2D eigenvalue weighted by molar-refractivity contribution is 9.10. The average molecular weight is 307 g/mol. The van der Waals surface area contributed by atoms with E-state index in [9.17, 15) is 4.79 Å². The van der Waals surface area contributed by atoms with Crippen molar-refractivity contribution in [2.45, 2.75) is 11.2 Å². The van der Waals surface area contributed by atoms with Crippen molar-refractivity contribution in [3.05, 3.63) is 34.9 Å². The topological polar surface area (TPSA) is 29.5 Å². The molecule has 0 radical (unpaired) electrons. The molecular weight excluding hydrogens is 293 g/mol. The molecule has 0 bridgehead atoms. The predicted octanol–water partition coefficient (Wildman–Crippen LogP) is 2.67. The number of carbonyl (C=O) groups excluding carboxylic acids is 1. The summed E-state index contributed by atoms with van der Waals surface area (Å²) >= 11 is 9.34. The molecule has 0 aliphatic rings. The molecule has 5 heteroatoms. The molecule has 1 amide bonds. The zero-order chi connectivity index (χ0) is 12.1. The molecule has 0 saturated carbocycles. The molecule has 0 aromatic heterocycles. The molecule has 0 aliphatic carbocycles. The highest BCUT2D eigenvalue weighted by Crippen LogP contribution is 2.20. The van der Waals surface area contributed by atoms with Crippen molar-refractivity contribution in [1.82, 2.24) is 5.06 Å². The molecule has 0 spiro atoms. The Morgan fingerprint density at radius 3 is 2.75 bits per heavy atom. The summed E-state index contributed by atoms with van der Waals surface area (Å²) in [5.74, 6) is -0.137. The Hall–Kier alpha value is -0.580. The van der Waals surface area contributed by atoms with Crippen molar-refractivity contribution in [2.24, 2.45) is 0 Å². The predicted molar refractivity (Wildman–Crippen MR) is 67.7 cm³/mol. The largest absolute Gasteiger partial charge is 0.275 e. The summed E-state index contributed by atoms with van der Waals surface area (Å²) in [6, 6.07) is 7.46. The van der Waals surface area contributed by atoms with Gasteiger partial charge in [0.2, 0.25) is 0 Å². The van der Waals surface area contributed by atoms with Crippen LogP contribution in [0, 0.1) is 0 Å². The molecule has 16 heavy (non-hydrogen) atoms. The summed E-state index contributed by atoms with van der Waals surface area (Å²) in [6.07, 6.45) is 0.534. The van der Waals surface area contributed by atoms with E-state index in [2.05, 4.69) is 15.9 Å². The van der Waals surface area contributed by atoms with Gasteiger partial charge < -0.3 is 0 Å². The van der Waals surface area contributed by atoms with Crippen LogP contribution in [0.3, 0.4) is 0 Å². The lowest BCUT2D eigenvalue weighted by atomic mass is 10.1. The van der Waals surface area contributed by atoms with Crippen LogP contribution in [0.1, 0.15) is 5.56 Å². The fraction of sp³-hybridized carbons (Fsp3) is 0.364. The summed E-state index contributed by atoms with van der Waals surface area (Å²) in [4.78, 5) is 16.2. The van der Waals surface area contributed by atoms with E-state index < -0.39 is 0 Å². The third-order valence-corrected chi connectivity index (χ3v) is 3.29. The van der Waals surface area contributed by atoms with Crippen molar-refractivity contribution >= 4 is 33.4 Å². The van der Waals surface area contributed by atoms with Crippen LogP contribution in [0.2, 0.25) is 5.02 Å². The molecule has 1 aromatic rings. The number of halogens is 2. The molecule has 88 valence electrons. The number of hydrogen-bond acceptors (Lipinski definition) is 2. The fourth-order valence-corrected chi connectivity index (χ4v) is 2.08. The maximum absolute atomic E-state index is 11.7. The smallest absolute Gasteiger partial charge is 0.259 e. The van der Waals surface area contributed by atoms with Crippen LogP contribution in [0.15, 0.2) is 24.3 Å². The zero-order valence-electron chi connectivity index (χ0n) is 9.11. The van der Waals surface area contributed by atoms with Crippen molar-refractivity contribution < 1.29 is 9.63 Å². The van der Waals surface area contributed by atoms with E-state index in [0.717, 1.165) is 5.56 Å². The van der Waals surface area contributed by atoms with Gasteiger partial charge in [-0.05, 0) is 18.1 Å². The van der Waals surface area contributed by atoms with E-state index in [0.29, 0.717) is 11.4 Å². The first-order chi connectivity index (χ1) is 7.56. The maximum Gasteiger partial charge on any atom is 0.259 e. The van der Waals surface area contributed by atoms with Gasteiger partial charge in [-0.1, -0.05) is 45.7 Å². The Kier molecular flexibility index (Phi) is 5.25. The standard InChI is InChI=1S/C11H13BrClNO2/c1-14(16-2)11(15)9(12)7-8-5-3-4-6-10(8)13/h3-6,9H,7H2,1-2H3. The number of nitrogens with zero attached hydrogens (tertiary/aromatic N) is 1. The van der Waals surface area contributed by atoms with Crippen molar-refractivity contribution in [2.75, 3.05) is 14.2 Å². The first kappa shape index (κ1) is 13.5. The number of amides is 1. The lowest BCUT2D eigenvalue weighted by Gasteiger charge is -2.17. The maximum atomic E-state index is 11.7. The zero-order valence-corrected chi connectivity index (χ0v) is 11.5. The Balaban J connectivity index is 2.68. The minimum Gasteiger partial charge on any atom is -0.275 e. The minimum atomic E-state index is -0.336. The van der Waals surface area contributed by atoms with Gasteiger partial charge in [-0.2, -0.15) is 0 Å². The highest BCUT2D eigenvalue weighted by atomic mass is 79.9. The normalized spacial score (nSPS) is 12.2. The number of rotatable bonds is 4. The van der Waals surface area contributed by atoms with Gasteiger partial charge in [0, 0.05) is 12.1 Å². The second-order valence-electron chi connectivity index (χ2n) is 3.28. The molecule has 1 rings (SSSR count). The van der Waals surface area contributed by atoms with Crippen LogP contribution in [0.5, 0.6) is 0 Å². The number of hydrogen-bond donors (Lipinski definition) is 0. The van der Waals surface area contributed by atoms with Crippen LogP contribution in [-0.2, 0) is 16.1 Å². The lowest BCUT2D eigenvalue weighted by molar-refractivity contribution is -0.167. The summed E-state index contributed by atoms with van der Waals surface area (Å²) in [5.41, 5.74) is 0.934. The first-order valence-corrected chi connectivity index (χ1v) is 6.04. The van der Waals surface area contributed by atoms with Gasteiger partial charge in [-0.25, -0.2) is 5.06 Å². The Morgan fingerprint density at radius 2 is 2.19 bits per heavy atom. The number of carbonyl (C=O) groups is 1. The summed E-state index contributed by atoms with van der Waals surface area (Å²) < 4.78 is 0. The van der Waals surface area contributed by atoms with Gasteiger partial charge >= 0.3 is 0 Å². The second kappa shape index (κ2) is 6.23. The van der Waals surface area contributed by atoms with Crippen LogP contribution < -0.4 is 0 Å². The van der Waals surface area contributed by atoms with E-state index in [4.69, 9.17) is 16.4 Å². The molecule has 1 atom stereocenters. The second-order valence-corrected chi connectivity index (χ2v) is 4.79. The molecular formula is C11H13BrClNO2. The van der Waals surface area contributed by atoms with E-state index in [1.807, 2.05) is 18.2 Å². The van der Waals surface area contributed by atoms with Gasteiger partial charge in [0.15, 0.2) is 0 Å². The van der Waals surface area contributed by atoms with Crippen LogP contribution in [0.4, 0.5) is 0 Å². The van der Waals surface area contributed by atoms with Crippen LogP contribution in [-0.4, -0.2) is 30.0 Å². The van der Waals surface area contributed by atoms with E-state index in [1.165, 1.54) is 12.2 Å². The average Bonchev–Trinajstić information content (AvgIpc) is 2.30. The monoisotopic (exact) mass is 305 g/mol. The fourth-order valence-electron chi connectivity index (χ4n) is 1.23. The minimum absolute atomic E-state index is 0.137. The SMILES string of the molecule is CON(C)C(=O)C(Br)Cc1ccccc1Cl. The molecule has 0 saturated heterocycles. The van der Waals surface area contributed by atoms with Gasteiger partial charge in [0.1, 0.15) is 0 Å². The highest BCUT2D eigenvalue weighted by Gasteiger charge is 2.20. The Labute approximate surface area is 108 Å². The van der Waals surface area contributed by atoms with Crippen molar-refractivity contribution in [3.8, 4) is 0 Å². The quantitative estimate of drug-likeness (QED) is 0.632. The van der Waals surface area contributed by atoms with Gasteiger partial charge in [0.05, 0.1) is 11.9 Å². The van der Waals surface area contributed by atoms with Crippen LogP contribution in [0.25, 0.3) is 0 Å². The van der Waals surface area contributed by atoms with E-state index >= 15 is 0 Å². The molecule has 0 aliphatic heterocycles. The summed E-state index contributed by atoms with van der Waals surface area (Å²) in [7, 11) is 3.02. The first-order valence-electron chi connectivity index (χ1n) is 4.75. The van der Waals surface area contributed by atoms with Crippen molar-refractivity contribution in [3.63, 3.8) is 0 Å². The summed E-state index contributed by atoms with van der Waals surface area (Å²) in [6.45, 7) is 0. The number of hydroxylamine groups is 2. The van der Waals surface area contributed by atoms with Gasteiger partial charge in [-0.3, -0.25) is 9.63 Å². The van der Waals surface area contributed by atoms with E-state index in [-0.39, 0.29) is 10.7 Å². The molecule has 0 heterocycles. The van der Waals surface area contributed by atoms with Crippen LogP contribution >= 0.6 is 27.5 Å². The number of alkyl halides is 1. The third kappa shape index (κ3) is 3.47. The third-order valence-electron chi connectivity index (χ3n) is 2.21. The molecule has 0 N–H and O–H groups in total. The molecule has 1 unspecified atom stereocenters. The van der Waals surface area contributed by atoms with E-state index in [1.54, 1.807) is 13.1 Å². The molecule has 1 aromatic carbocycles. The molecule has 0 fully saturated rings. The Morgan fingerprint density at radius 1 is 1.56 bits per heavy atom. The Bertz CT molecular complexity index is 373. The van der Waals surface area contributed by atoms with Gasteiger partial charge in [0.25, 0.3) is 5.91 Å². The summed E-state index contributed by atoms with van der Waals surface area (Å²) in [5, 5.41) is 1.86. The number of benzene rings is 1. The lowest BCUT2D eigenvalue weighted by Crippen LogP contribution is -2.33. The van der Waals surface area contributed by atoms with Crippen molar-refractivity contribution in [1.29, 1.82) is 0 Å². The van der Waals surface area contributed by atoms with Gasteiger partial charge in [-0.15, -0.1) is 0 Å². The molecule has 3 nitrogen and oxygen atoms in total.